The minimum Gasteiger partial charge on any atom is -0.493 e. The molecule has 0 radical (unpaired) electrons. The smallest absolute Gasteiger partial charge is 0.339 e. The SMILES string of the molecule is CCOc1ccc(-c2ccnc(NCCc3cccnc3)n2)cc1C(=O)O. The lowest BCUT2D eigenvalue weighted by molar-refractivity contribution is 0.0692. The summed E-state index contributed by atoms with van der Waals surface area (Å²) in [5.41, 5.74) is 2.56. The van der Waals surface area contributed by atoms with E-state index >= 15 is 0 Å². The molecule has 0 unspecified atom stereocenters. The predicted molar refractivity (Wildman–Crippen MR) is 102 cm³/mol. The van der Waals surface area contributed by atoms with E-state index in [0.29, 0.717) is 36.1 Å². The maximum atomic E-state index is 11.5. The number of hydrogen-bond acceptors (Lipinski definition) is 6. The van der Waals surface area contributed by atoms with Gasteiger partial charge in [-0.3, -0.25) is 4.98 Å². The molecule has 0 saturated carbocycles. The number of carboxylic acid groups (broad SMARTS) is 1. The Kier molecular flexibility index (Phi) is 5.94. The highest BCUT2D eigenvalue weighted by atomic mass is 16.5. The van der Waals surface area contributed by atoms with Gasteiger partial charge in [-0.2, -0.15) is 0 Å². The molecular formula is C20H20N4O3. The highest BCUT2D eigenvalue weighted by molar-refractivity contribution is 5.92. The van der Waals surface area contributed by atoms with Gasteiger partial charge in [-0.1, -0.05) is 6.07 Å². The summed E-state index contributed by atoms with van der Waals surface area (Å²) >= 11 is 0. The Morgan fingerprint density at radius 2 is 2.11 bits per heavy atom. The van der Waals surface area contributed by atoms with Crippen molar-refractivity contribution in [1.82, 2.24) is 15.0 Å². The third-order valence-corrected chi connectivity index (χ3v) is 3.88. The molecule has 0 aliphatic rings. The van der Waals surface area contributed by atoms with Crippen LogP contribution in [0, 0.1) is 0 Å². The van der Waals surface area contributed by atoms with Crippen molar-refractivity contribution in [2.75, 3.05) is 18.5 Å². The highest BCUT2D eigenvalue weighted by Gasteiger charge is 2.13. The maximum Gasteiger partial charge on any atom is 0.339 e. The third kappa shape index (κ3) is 4.78. The highest BCUT2D eigenvalue weighted by Crippen LogP contribution is 2.26. The van der Waals surface area contributed by atoms with Crippen LogP contribution in [0.1, 0.15) is 22.8 Å². The molecule has 0 fully saturated rings. The molecule has 0 atom stereocenters. The van der Waals surface area contributed by atoms with Crippen molar-refractivity contribution < 1.29 is 14.6 Å². The van der Waals surface area contributed by atoms with Crippen LogP contribution in [-0.4, -0.2) is 39.2 Å². The summed E-state index contributed by atoms with van der Waals surface area (Å²) in [6.07, 6.45) is 6.01. The van der Waals surface area contributed by atoms with Gasteiger partial charge in [0.15, 0.2) is 0 Å². The lowest BCUT2D eigenvalue weighted by atomic mass is 10.1. The van der Waals surface area contributed by atoms with Crippen molar-refractivity contribution in [3.63, 3.8) is 0 Å². The lowest BCUT2D eigenvalue weighted by Crippen LogP contribution is -2.08. The second-order valence-corrected chi connectivity index (χ2v) is 5.75. The Bertz CT molecular complexity index is 916. The number of ether oxygens (including phenoxy) is 1. The number of aromatic nitrogens is 3. The molecular weight excluding hydrogens is 344 g/mol. The molecule has 2 heterocycles. The Hall–Kier alpha value is -3.48. The molecule has 3 rings (SSSR count). The zero-order valence-electron chi connectivity index (χ0n) is 14.9. The normalized spacial score (nSPS) is 10.4. The second-order valence-electron chi connectivity index (χ2n) is 5.75. The molecule has 0 aliphatic heterocycles. The number of aromatic carboxylic acids is 1. The molecule has 1 aromatic carbocycles. The summed E-state index contributed by atoms with van der Waals surface area (Å²) < 4.78 is 5.38. The first-order chi connectivity index (χ1) is 13.2. The van der Waals surface area contributed by atoms with E-state index in [1.807, 2.05) is 25.3 Å². The third-order valence-electron chi connectivity index (χ3n) is 3.88. The number of carboxylic acids is 1. The van der Waals surface area contributed by atoms with Gasteiger partial charge >= 0.3 is 5.97 Å². The predicted octanol–water partition coefficient (Wildman–Crippen LogP) is 3.29. The number of benzene rings is 1. The van der Waals surface area contributed by atoms with Crippen LogP contribution in [0.15, 0.2) is 55.0 Å². The van der Waals surface area contributed by atoms with Gasteiger partial charge in [-0.25, -0.2) is 14.8 Å². The Morgan fingerprint density at radius 1 is 1.22 bits per heavy atom. The topological polar surface area (TPSA) is 97.2 Å². The van der Waals surface area contributed by atoms with E-state index < -0.39 is 5.97 Å². The Balaban J connectivity index is 1.75. The van der Waals surface area contributed by atoms with Gasteiger partial charge in [0.2, 0.25) is 5.95 Å². The summed E-state index contributed by atoms with van der Waals surface area (Å²) in [6, 6.07) is 10.7. The van der Waals surface area contributed by atoms with Gasteiger partial charge in [0.25, 0.3) is 0 Å². The molecule has 138 valence electrons. The number of anilines is 1. The van der Waals surface area contributed by atoms with Crippen molar-refractivity contribution in [2.45, 2.75) is 13.3 Å². The fourth-order valence-corrected chi connectivity index (χ4v) is 2.61. The van der Waals surface area contributed by atoms with Crippen molar-refractivity contribution >= 4 is 11.9 Å². The molecule has 0 saturated heterocycles. The molecule has 0 spiro atoms. The van der Waals surface area contributed by atoms with Crippen molar-refractivity contribution in [1.29, 1.82) is 0 Å². The van der Waals surface area contributed by atoms with E-state index in [2.05, 4.69) is 20.3 Å². The average Bonchev–Trinajstić information content (AvgIpc) is 2.69. The fraction of sp³-hybridized carbons (Fsp3) is 0.200. The molecule has 3 aromatic rings. The van der Waals surface area contributed by atoms with Crippen LogP contribution in [0.4, 0.5) is 5.95 Å². The van der Waals surface area contributed by atoms with Crippen LogP contribution in [0.2, 0.25) is 0 Å². The van der Waals surface area contributed by atoms with E-state index in [-0.39, 0.29) is 5.56 Å². The van der Waals surface area contributed by atoms with Crippen LogP contribution in [0.25, 0.3) is 11.3 Å². The van der Waals surface area contributed by atoms with Crippen molar-refractivity contribution in [3.05, 3.63) is 66.1 Å². The van der Waals surface area contributed by atoms with Crippen LogP contribution in [0.5, 0.6) is 5.75 Å². The first-order valence-corrected chi connectivity index (χ1v) is 8.63. The number of carbonyl (C=O) groups is 1. The van der Waals surface area contributed by atoms with E-state index in [1.165, 1.54) is 0 Å². The van der Waals surface area contributed by atoms with Crippen molar-refractivity contribution in [3.8, 4) is 17.0 Å². The first-order valence-electron chi connectivity index (χ1n) is 8.63. The summed E-state index contributed by atoms with van der Waals surface area (Å²) in [5, 5.41) is 12.6. The average molecular weight is 364 g/mol. The fourth-order valence-electron chi connectivity index (χ4n) is 2.61. The van der Waals surface area contributed by atoms with Gasteiger partial charge in [0, 0.05) is 30.7 Å². The first kappa shape index (κ1) is 18.3. The van der Waals surface area contributed by atoms with Gasteiger partial charge in [-0.05, 0) is 49.2 Å². The number of pyridine rings is 1. The maximum absolute atomic E-state index is 11.5. The molecule has 2 N–H and O–H groups in total. The Morgan fingerprint density at radius 3 is 2.85 bits per heavy atom. The van der Waals surface area contributed by atoms with E-state index in [0.717, 1.165) is 12.0 Å². The van der Waals surface area contributed by atoms with E-state index in [1.54, 1.807) is 36.7 Å². The minimum absolute atomic E-state index is 0.110. The summed E-state index contributed by atoms with van der Waals surface area (Å²) in [4.78, 5) is 24.3. The molecule has 0 bridgehead atoms. The molecule has 7 heteroatoms. The Labute approximate surface area is 157 Å². The molecule has 0 amide bonds. The van der Waals surface area contributed by atoms with Gasteiger partial charge < -0.3 is 15.2 Å². The van der Waals surface area contributed by atoms with Gasteiger partial charge in [0.1, 0.15) is 11.3 Å². The van der Waals surface area contributed by atoms with Crippen LogP contribution in [0.3, 0.4) is 0 Å². The lowest BCUT2D eigenvalue weighted by Gasteiger charge is -2.10. The van der Waals surface area contributed by atoms with E-state index in [4.69, 9.17) is 4.74 Å². The zero-order chi connectivity index (χ0) is 19.1. The number of rotatable bonds is 8. The summed E-state index contributed by atoms with van der Waals surface area (Å²) in [7, 11) is 0. The minimum atomic E-state index is -1.04. The number of nitrogens with one attached hydrogen (secondary N) is 1. The molecule has 7 nitrogen and oxygen atoms in total. The second kappa shape index (κ2) is 8.75. The standard InChI is InChI=1S/C20H20N4O3/c1-2-27-18-6-5-15(12-16(18)19(25)26)17-8-11-23-20(24-17)22-10-7-14-4-3-9-21-13-14/h3-6,8-9,11-13H,2,7,10H2,1H3,(H,25,26)(H,22,23,24). The quantitative estimate of drug-likeness (QED) is 0.633. The van der Waals surface area contributed by atoms with Gasteiger partial charge in [-0.15, -0.1) is 0 Å². The van der Waals surface area contributed by atoms with Crippen LogP contribution < -0.4 is 10.1 Å². The zero-order valence-corrected chi connectivity index (χ0v) is 14.9. The van der Waals surface area contributed by atoms with Crippen molar-refractivity contribution in [2.24, 2.45) is 0 Å². The van der Waals surface area contributed by atoms with Crippen LogP contribution >= 0.6 is 0 Å². The summed E-state index contributed by atoms with van der Waals surface area (Å²) in [5.74, 6) is -0.205. The molecule has 0 aliphatic carbocycles. The van der Waals surface area contributed by atoms with E-state index in [9.17, 15) is 9.90 Å². The largest absolute Gasteiger partial charge is 0.493 e. The molecule has 2 aromatic heterocycles. The monoisotopic (exact) mass is 364 g/mol. The number of nitrogens with zero attached hydrogens (tertiary/aromatic N) is 3. The van der Waals surface area contributed by atoms with Crippen LogP contribution in [-0.2, 0) is 6.42 Å². The molecule has 27 heavy (non-hydrogen) atoms. The summed E-state index contributed by atoms with van der Waals surface area (Å²) in [6.45, 7) is 2.88. The number of hydrogen-bond donors (Lipinski definition) is 2. The van der Waals surface area contributed by atoms with Gasteiger partial charge in [0.05, 0.1) is 12.3 Å².